The Labute approximate surface area is 113 Å². The van der Waals surface area contributed by atoms with Gasteiger partial charge in [0.25, 0.3) is 0 Å². The predicted molar refractivity (Wildman–Crippen MR) is 73.7 cm³/mol. The number of carbonyl (C=O) groups excluding carboxylic acids is 1. The van der Waals surface area contributed by atoms with Crippen molar-refractivity contribution >= 4 is 17.5 Å². The van der Waals surface area contributed by atoms with E-state index in [0.29, 0.717) is 12.6 Å². The van der Waals surface area contributed by atoms with E-state index in [-0.39, 0.29) is 11.9 Å². The van der Waals surface area contributed by atoms with Crippen LogP contribution < -0.4 is 5.32 Å². The number of halogens is 1. The normalized spacial score (nSPS) is 16.4. The van der Waals surface area contributed by atoms with Crippen LogP contribution in [-0.4, -0.2) is 30.4 Å². The van der Waals surface area contributed by atoms with Gasteiger partial charge in [-0.3, -0.25) is 4.79 Å². The summed E-state index contributed by atoms with van der Waals surface area (Å²) in [7, 11) is 1.88. The molecule has 98 valence electrons. The van der Waals surface area contributed by atoms with Gasteiger partial charge < -0.3 is 10.2 Å². The lowest BCUT2D eigenvalue weighted by atomic mass is 10.1. The van der Waals surface area contributed by atoms with Crippen molar-refractivity contribution in [3.63, 3.8) is 0 Å². The van der Waals surface area contributed by atoms with E-state index in [1.54, 1.807) is 0 Å². The van der Waals surface area contributed by atoms with E-state index in [2.05, 4.69) is 5.32 Å². The second kappa shape index (κ2) is 5.72. The molecule has 0 bridgehead atoms. The molecule has 4 heteroatoms. The topological polar surface area (TPSA) is 32.3 Å². The quantitative estimate of drug-likeness (QED) is 0.889. The molecule has 0 saturated heterocycles. The summed E-state index contributed by atoms with van der Waals surface area (Å²) >= 11 is 6.12. The molecular formula is C14H19ClN2O. The SMILES string of the molecule is CC(NCC(=O)N(C)C1CC1)c1ccccc1Cl. The van der Waals surface area contributed by atoms with Gasteiger partial charge >= 0.3 is 0 Å². The predicted octanol–water partition coefficient (Wildman–Crippen LogP) is 2.61. The van der Waals surface area contributed by atoms with Gasteiger partial charge in [0.2, 0.25) is 5.91 Å². The first-order valence-electron chi connectivity index (χ1n) is 6.33. The fourth-order valence-electron chi connectivity index (χ4n) is 1.97. The van der Waals surface area contributed by atoms with Crippen molar-refractivity contribution in [3.8, 4) is 0 Å². The van der Waals surface area contributed by atoms with Gasteiger partial charge in [-0.05, 0) is 31.4 Å². The Morgan fingerprint density at radius 3 is 2.78 bits per heavy atom. The van der Waals surface area contributed by atoms with Crippen LogP contribution in [0, 0.1) is 0 Å². The highest BCUT2D eigenvalue weighted by Gasteiger charge is 2.29. The summed E-state index contributed by atoms with van der Waals surface area (Å²) in [5.74, 6) is 0.149. The van der Waals surface area contributed by atoms with Crippen LogP contribution in [0.3, 0.4) is 0 Å². The summed E-state index contributed by atoms with van der Waals surface area (Å²) in [6, 6.07) is 8.26. The molecule has 1 aromatic rings. The molecule has 1 atom stereocenters. The molecule has 0 aliphatic heterocycles. The number of nitrogens with one attached hydrogen (secondary N) is 1. The molecule has 0 aromatic heterocycles. The van der Waals surface area contributed by atoms with Crippen LogP contribution >= 0.6 is 11.6 Å². The summed E-state index contributed by atoms with van der Waals surface area (Å²) in [5, 5.41) is 3.96. The minimum absolute atomic E-state index is 0.0789. The van der Waals surface area contributed by atoms with Crippen molar-refractivity contribution in [2.45, 2.75) is 31.8 Å². The third-order valence-electron chi connectivity index (χ3n) is 3.42. The highest BCUT2D eigenvalue weighted by atomic mass is 35.5. The Hall–Kier alpha value is -1.06. The fraction of sp³-hybridized carbons (Fsp3) is 0.500. The summed E-state index contributed by atoms with van der Waals surface area (Å²) < 4.78 is 0. The van der Waals surface area contributed by atoms with Gasteiger partial charge in [-0.2, -0.15) is 0 Å². The number of hydrogen-bond acceptors (Lipinski definition) is 2. The highest BCUT2D eigenvalue weighted by Crippen LogP contribution is 2.25. The molecule has 1 saturated carbocycles. The van der Waals surface area contributed by atoms with Gasteiger partial charge in [0.1, 0.15) is 0 Å². The van der Waals surface area contributed by atoms with Crippen LogP contribution in [0.15, 0.2) is 24.3 Å². The van der Waals surface area contributed by atoms with Crippen LogP contribution in [0.2, 0.25) is 5.02 Å². The maximum Gasteiger partial charge on any atom is 0.236 e. The summed E-state index contributed by atoms with van der Waals surface area (Å²) in [6.07, 6.45) is 2.28. The number of carbonyl (C=O) groups is 1. The van der Waals surface area contributed by atoms with E-state index in [4.69, 9.17) is 11.6 Å². The Balaban J connectivity index is 1.86. The number of nitrogens with zero attached hydrogens (tertiary/aromatic N) is 1. The molecule has 1 aliphatic carbocycles. The van der Waals surface area contributed by atoms with Crippen molar-refractivity contribution in [2.24, 2.45) is 0 Å². The lowest BCUT2D eigenvalue weighted by molar-refractivity contribution is -0.129. The van der Waals surface area contributed by atoms with Crippen LogP contribution in [0.25, 0.3) is 0 Å². The second-order valence-corrected chi connectivity index (χ2v) is 5.27. The van der Waals surface area contributed by atoms with Crippen molar-refractivity contribution < 1.29 is 4.79 Å². The van der Waals surface area contributed by atoms with Gasteiger partial charge in [-0.15, -0.1) is 0 Å². The van der Waals surface area contributed by atoms with Gasteiger partial charge in [-0.25, -0.2) is 0 Å². The number of amides is 1. The Bertz CT molecular complexity index is 432. The van der Waals surface area contributed by atoms with E-state index in [1.807, 2.05) is 43.1 Å². The average Bonchev–Trinajstić information content (AvgIpc) is 3.19. The molecule has 2 rings (SSSR count). The molecular weight excluding hydrogens is 248 g/mol. The summed E-state index contributed by atoms with van der Waals surface area (Å²) in [4.78, 5) is 13.7. The largest absolute Gasteiger partial charge is 0.342 e. The van der Waals surface area contributed by atoms with Gasteiger partial charge in [0.05, 0.1) is 6.54 Å². The zero-order chi connectivity index (χ0) is 13.1. The molecule has 0 radical (unpaired) electrons. The highest BCUT2D eigenvalue weighted by molar-refractivity contribution is 6.31. The Morgan fingerprint density at radius 1 is 1.50 bits per heavy atom. The van der Waals surface area contributed by atoms with Crippen molar-refractivity contribution in [3.05, 3.63) is 34.9 Å². The standard InChI is InChI=1S/C14H19ClN2O/c1-10(12-5-3-4-6-13(12)15)16-9-14(18)17(2)11-7-8-11/h3-6,10-11,16H,7-9H2,1-2H3. The maximum atomic E-state index is 11.9. The molecule has 3 nitrogen and oxygen atoms in total. The first-order valence-corrected chi connectivity index (χ1v) is 6.71. The molecule has 18 heavy (non-hydrogen) atoms. The molecule has 1 aliphatic rings. The first-order chi connectivity index (χ1) is 8.59. The van der Waals surface area contributed by atoms with E-state index in [9.17, 15) is 4.79 Å². The smallest absolute Gasteiger partial charge is 0.236 e. The minimum atomic E-state index is 0.0789. The zero-order valence-electron chi connectivity index (χ0n) is 10.8. The lowest BCUT2D eigenvalue weighted by Crippen LogP contribution is -2.37. The summed E-state index contributed by atoms with van der Waals surface area (Å²) in [6.45, 7) is 2.38. The maximum absolute atomic E-state index is 11.9. The van der Waals surface area contributed by atoms with Crippen molar-refractivity contribution in [1.82, 2.24) is 10.2 Å². The molecule has 1 fully saturated rings. The number of hydrogen-bond donors (Lipinski definition) is 1. The van der Waals surface area contributed by atoms with E-state index >= 15 is 0 Å². The van der Waals surface area contributed by atoms with Crippen LogP contribution in [-0.2, 0) is 4.79 Å². The monoisotopic (exact) mass is 266 g/mol. The molecule has 1 unspecified atom stereocenters. The molecule has 1 N–H and O–H groups in total. The molecule has 1 aromatic carbocycles. The Morgan fingerprint density at radius 2 is 2.17 bits per heavy atom. The van der Waals surface area contributed by atoms with Crippen LogP contribution in [0.1, 0.15) is 31.4 Å². The number of benzene rings is 1. The summed E-state index contributed by atoms with van der Waals surface area (Å²) in [5.41, 5.74) is 1.03. The van der Waals surface area contributed by atoms with Gasteiger partial charge in [0.15, 0.2) is 0 Å². The van der Waals surface area contributed by atoms with E-state index in [1.165, 1.54) is 0 Å². The average molecular weight is 267 g/mol. The number of likely N-dealkylation sites (N-methyl/N-ethyl adjacent to an activating group) is 1. The van der Waals surface area contributed by atoms with Crippen LogP contribution in [0.5, 0.6) is 0 Å². The van der Waals surface area contributed by atoms with Crippen LogP contribution in [0.4, 0.5) is 0 Å². The van der Waals surface area contributed by atoms with E-state index in [0.717, 1.165) is 23.4 Å². The van der Waals surface area contributed by atoms with E-state index < -0.39 is 0 Å². The first kappa shape index (κ1) is 13.4. The Kier molecular flexibility index (Phi) is 4.25. The molecule has 0 spiro atoms. The number of rotatable bonds is 5. The minimum Gasteiger partial charge on any atom is -0.342 e. The molecule has 0 heterocycles. The third-order valence-corrected chi connectivity index (χ3v) is 3.76. The van der Waals surface area contributed by atoms with Gasteiger partial charge in [-0.1, -0.05) is 29.8 Å². The van der Waals surface area contributed by atoms with Crippen molar-refractivity contribution in [1.29, 1.82) is 0 Å². The second-order valence-electron chi connectivity index (χ2n) is 4.86. The lowest BCUT2D eigenvalue weighted by Gasteiger charge is -2.19. The van der Waals surface area contributed by atoms with Gasteiger partial charge in [0, 0.05) is 24.2 Å². The van der Waals surface area contributed by atoms with Crippen molar-refractivity contribution in [2.75, 3.05) is 13.6 Å². The third kappa shape index (κ3) is 3.24. The molecule has 1 amide bonds. The fourth-order valence-corrected chi connectivity index (χ4v) is 2.27. The zero-order valence-corrected chi connectivity index (χ0v) is 11.6.